The summed E-state index contributed by atoms with van der Waals surface area (Å²) in [6.45, 7) is 1.44. The van der Waals surface area contributed by atoms with E-state index in [1.54, 1.807) is 6.20 Å². The Bertz CT molecular complexity index is 709. The van der Waals surface area contributed by atoms with Gasteiger partial charge in [-0.1, -0.05) is 41.9 Å². The van der Waals surface area contributed by atoms with E-state index in [4.69, 9.17) is 11.6 Å². The van der Waals surface area contributed by atoms with E-state index in [0.717, 1.165) is 17.8 Å². The predicted molar refractivity (Wildman–Crippen MR) is 84.3 cm³/mol. The molecule has 0 unspecified atom stereocenters. The molecular formula is C16H15ClN4. The summed E-state index contributed by atoms with van der Waals surface area (Å²) in [7, 11) is 0. The molecule has 0 aliphatic carbocycles. The molecule has 0 aliphatic heterocycles. The van der Waals surface area contributed by atoms with Crippen LogP contribution in [0.1, 0.15) is 11.1 Å². The van der Waals surface area contributed by atoms with Crippen molar-refractivity contribution in [2.45, 2.75) is 13.1 Å². The first-order valence-electron chi connectivity index (χ1n) is 6.71. The summed E-state index contributed by atoms with van der Waals surface area (Å²) in [6.07, 6.45) is 5.57. The Balaban J connectivity index is 1.62. The summed E-state index contributed by atoms with van der Waals surface area (Å²) in [5.74, 6) is 0. The first kappa shape index (κ1) is 13.6. The van der Waals surface area contributed by atoms with Crippen molar-refractivity contribution >= 4 is 17.3 Å². The fourth-order valence-electron chi connectivity index (χ4n) is 2.07. The summed E-state index contributed by atoms with van der Waals surface area (Å²) in [6, 6.07) is 14.0. The molecule has 0 aliphatic rings. The van der Waals surface area contributed by atoms with E-state index in [0.29, 0.717) is 11.7 Å². The molecule has 0 saturated carbocycles. The number of halogens is 1. The van der Waals surface area contributed by atoms with E-state index in [9.17, 15) is 0 Å². The second-order valence-corrected chi connectivity index (χ2v) is 5.09. The number of rotatable bonds is 5. The number of hydrogen-bond donors (Lipinski definition) is 1. The van der Waals surface area contributed by atoms with Crippen LogP contribution < -0.4 is 5.32 Å². The zero-order valence-corrected chi connectivity index (χ0v) is 12.2. The van der Waals surface area contributed by atoms with Crippen LogP contribution >= 0.6 is 11.6 Å². The molecule has 5 heteroatoms. The standard InChI is InChI=1S/C16H15ClN4/c17-16-15(7-4-8-18-16)19-9-14-10-20-21(12-14)11-13-5-2-1-3-6-13/h1-8,10,12,19H,9,11H2. The molecule has 106 valence electrons. The third-order valence-corrected chi connectivity index (χ3v) is 3.42. The highest BCUT2D eigenvalue weighted by molar-refractivity contribution is 6.31. The van der Waals surface area contributed by atoms with Crippen LogP contribution in [0.2, 0.25) is 5.15 Å². The minimum absolute atomic E-state index is 0.481. The minimum Gasteiger partial charge on any atom is -0.378 e. The Kier molecular flexibility index (Phi) is 4.17. The highest BCUT2D eigenvalue weighted by Gasteiger charge is 2.02. The maximum absolute atomic E-state index is 6.01. The SMILES string of the molecule is Clc1ncccc1NCc1cnn(Cc2ccccc2)c1. The highest BCUT2D eigenvalue weighted by atomic mass is 35.5. The second kappa shape index (κ2) is 6.41. The summed E-state index contributed by atoms with van der Waals surface area (Å²) in [4.78, 5) is 4.03. The molecule has 0 spiro atoms. The van der Waals surface area contributed by atoms with Crippen LogP contribution in [0, 0.1) is 0 Å². The first-order chi connectivity index (χ1) is 10.3. The molecule has 21 heavy (non-hydrogen) atoms. The molecule has 0 bridgehead atoms. The molecule has 4 nitrogen and oxygen atoms in total. The summed E-state index contributed by atoms with van der Waals surface area (Å²) < 4.78 is 1.93. The van der Waals surface area contributed by atoms with Gasteiger partial charge in [0.1, 0.15) is 0 Å². The molecule has 0 saturated heterocycles. The lowest BCUT2D eigenvalue weighted by molar-refractivity contribution is 0.686. The van der Waals surface area contributed by atoms with E-state index in [-0.39, 0.29) is 0 Å². The lowest BCUT2D eigenvalue weighted by Crippen LogP contribution is -2.01. The maximum Gasteiger partial charge on any atom is 0.152 e. The van der Waals surface area contributed by atoms with Crippen molar-refractivity contribution in [1.82, 2.24) is 14.8 Å². The number of anilines is 1. The van der Waals surface area contributed by atoms with Gasteiger partial charge in [-0.2, -0.15) is 5.10 Å². The number of benzene rings is 1. The van der Waals surface area contributed by atoms with Gasteiger partial charge in [0.25, 0.3) is 0 Å². The Hall–Kier alpha value is -2.33. The van der Waals surface area contributed by atoms with Crippen LogP contribution in [0.25, 0.3) is 0 Å². The number of nitrogens with one attached hydrogen (secondary N) is 1. The first-order valence-corrected chi connectivity index (χ1v) is 7.09. The van der Waals surface area contributed by atoms with Crippen molar-refractivity contribution in [1.29, 1.82) is 0 Å². The summed E-state index contributed by atoms with van der Waals surface area (Å²) in [5.41, 5.74) is 3.16. The topological polar surface area (TPSA) is 42.7 Å². The average Bonchev–Trinajstić information content (AvgIpc) is 2.95. The quantitative estimate of drug-likeness (QED) is 0.732. The fourth-order valence-corrected chi connectivity index (χ4v) is 2.26. The average molecular weight is 299 g/mol. The van der Waals surface area contributed by atoms with E-state index in [2.05, 4.69) is 27.5 Å². The molecule has 3 aromatic rings. The molecule has 3 rings (SSSR count). The molecule has 0 amide bonds. The van der Waals surface area contributed by atoms with Crippen LogP contribution in [0.4, 0.5) is 5.69 Å². The van der Waals surface area contributed by atoms with Crippen molar-refractivity contribution in [3.05, 3.63) is 77.3 Å². The van der Waals surface area contributed by atoms with Crippen LogP contribution in [-0.4, -0.2) is 14.8 Å². The van der Waals surface area contributed by atoms with E-state index in [1.165, 1.54) is 5.56 Å². The van der Waals surface area contributed by atoms with Crippen molar-refractivity contribution < 1.29 is 0 Å². The lowest BCUT2D eigenvalue weighted by Gasteiger charge is -2.05. The third kappa shape index (κ3) is 3.61. The predicted octanol–water partition coefficient (Wildman–Crippen LogP) is 3.59. The Morgan fingerprint density at radius 1 is 1.05 bits per heavy atom. The van der Waals surface area contributed by atoms with Gasteiger partial charge in [-0.3, -0.25) is 4.68 Å². The molecule has 0 radical (unpaired) electrons. The monoisotopic (exact) mass is 298 g/mol. The number of pyridine rings is 1. The van der Waals surface area contributed by atoms with Gasteiger partial charge >= 0.3 is 0 Å². The smallest absolute Gasteiger partial charge is 0.152 e. The zero-order chi connectivity index (χ0) is 14.5. The summed E-state index contributed by atoms with van der Waals surface area (Å²) >= 11 is 6.01. The number of nitrogens with zero attached hydrogens (tertiary/aromatic N) is 3. The molecule has 2 heterocycles. The third-order valence-electron chi connectivity index (χ3n) is 3.12. The van der Waals surface area contributed by atoms with Gasteiger partial charge in [-0.05, 0) is 17.7 Å². The molecule has 2 aromatic heterocycles. The van der Waals surface area contributed by atoms with Gasteiger partial charge in [0.2, 0.25) is 0 Å². The van der Waals surface area contributed by atoms with Gasteiger partial charge in [-0.25, -0.2) is 4.98 Å². The van der Waals surface area contributed by atoms with E-state index in [1.807, 2.05) is 47.4 Å². The lowest BCUT2D eigenvalue weighted by atomic mass is 10.2. The maximum atomic E-state index is 6.01. The highest BCUT2D eigenvalue weighted by Crippen LogP contribution is 2.18. The van der Waals surface area contributed by atoms with Gasteiger partial charge in [0.15, 0.2) is 5.15 Å². The van der Waals surface area contributed by atoms with Gasteiger partial charge in [-0.15, -0.1) is 0 Å². The Labute approximate surface area is 128 Å². The second-order valence-electron chi connectivity index (χ2n) is 4.73. The Morgan fingerprint density at radius 3 is 2.71 bits per heavy atom. The normalized spacial score (nSPS) is 10.5. The Morgan fingerprint density at radius 2 is 1.90 bits per heavy atom. The van der Waals surface area contributed by atoms with Crippen molar-refractivity contribution in [2.24, 2.45) is 0 Å². The van der Waals surface area contributed by atoms with E-state index >= 15 is 0 Å². The van der Waals surface area contributed by atoms with Crippen LogP contribution in [0.15, 0.2) is 61.1 Å². The number of hydrogen-bond acceptors (Lipinski definition) is 3. The van der Waals surface area contributed by atoms with Gasteiger partial charge < -0.3 is 5.32 Å². The van der Waals surface area contributed by atoms with Crippen molar-refractivity contribution in [3.63, 3.8) is 0 Å². The number of aromatic nitrogens is 3. The van der Waals surface area contributed by atoms with Gasteiger partial charge in [0.05, 0.1) is 18.4 Å². The van der Waals surface area contributed by atoms with Crippen LogP contribution in [-0.2, 0) is 13.1 Å². The van der Waals surface area contributed by atoms with E-state index < -0.39 is 0 Å². The van der Waals surface area contributed by atoms with Crippen molar-refractivity contribution in [3.8, 4) is 0 Å². The molecule has 0 fully saturated rings. The molecular weight excluding hydrogens is 284 g/mol. The van der Waals surface area contributed by atoms with Crippen LogP contribution in [0.5, 0.6) is 0 Å². The summed E-state index contributed by atoms with van der Waals surface area (Å²) in [5, 5.41) is 8.11. The largest absolute Gasteiger partial charge is 0.378 e. The minimum atomic E-state index is 0.481. The fraction of sp³-hybridized carbons (Fsp3) is 0.125. The van der Waals surface area contributed by atoms with Crippen LogP contribution in [0.3, 0.4) is 0 Å². The van der Waals surface area contributed by atoms with Crippen molar-refractivity contribution in [2.75, 3.05) is 5.32 Å². The zero-order valence-electron chi connectivity index (χ0n) is 11.4. The van der Waals surface area contributed by atoms with Gasteiger partial charge in [0, 0.05) is 24.5 Å². The molecule has 1 N–H and O–H groups in total. The molecule has 0 atom stereocenters. The molecule has 1 aromatic carbocycles.